The Morgan fingerprint density at radius 1 is 0.384 bits per heavy atom. The number of nitrogens with one attached hydrogen (secondary N) is 11. The summed E-state index contributed by atoms with van der Waals surface area (Å²) in [6.07, 6.45) is 14.2. The summed E-state index contributed by atoms with van der Waals surface area (Å²) < 4.78 is 117. The molecule has 4 aliphatic heterocycles. The second-order valence-electron chi connectivity index (χ2n) is 32.2. The summed E-state index contributed by atoms with van der Waals surface area (Å²) >= 11 is 26.4. The highest BCUT2D eigenvalue weighted by atomic mass is 35.5. The third-order valence-corrected chi connectivity index (χ3v) is 34.5. The molecule has 0 spiro atoms. The zero-order chi connectivity index (χ0) is 103. The Morgan fingerprint density at radius 3 is 1.05 bits per heavy atom. The van der Waals surface area contributed by atoms with Crippen LogP contribution in [0.2, 0.25) is 17.3 Å². The fourth-order valence-corrected chi connectivity index (χ4v) is 24.7. The Hall–Kier alpha value is -14.4. The third-order valence-electron chi connectivity index (χ3n) is 22.3. The van der Waals surface area contributed by atoms with E-state index in [1.165, 1.54) is 178 Å². The average Bonchev–Trinajstić information content (AvgIpc) is 1.56. The number of urea groups is 4. The number of likely N-dealkylation sites (tertiary alicyclic amines) is 1. The largest absolute Gasteiger partial charge is 0.384 e. The molecule has 754 valence electrons. The molecule has 4 aliphatic rings. The number of amides is 8. The number of fused-ring (bicyclic) bond motifs is 5. The van der Waals surface area contributed by atoms with Crippen molar-refractivity contribution >= 4 is 245 Å². The van der Waals surface area contributed by atoms with Crippen LogP contribution < -0.4 is 78.3 Å². The van der Waals surface area contributed by atoms with Crippen molar-refractivity contribution < 1.29 is 57.6 Å². The molecule has 146 heavy (non-hydrogen) atoms. The molecule has 56 heteroatoms. The van der Waals surface area contributed by atoms with E-state index in [-0.39, 0.29) is 90.8 Å². The number of morpholine rings is 1. The van der Waals surface area contributed by atoms with Gasteiger partial charge in [0, 0.05) is 82.0 Å². The van der Waals surface area contributed by atoms with Crippen LogP contribution in [-0.2, 0) is 51.3 Å². The van der Waals surface area contributed by atoms with E-state index >= 15 is 0 Å². The Labute approximate surface area is 865 Å². The number of anilines is 7. The molecule has 16 heterocycles. The number of aromatic nitrogens is 12. The summed E-state index contributed by atoms with van der Waals surface area (Å²) in [4.78, 5) is 147. The maximum atomic E-state index is 13.1. The molecule has 20 rings (SSSR count). The number of rotatable bonds is 25. The molecule has 0 atom stereocenters. The first-order chi connectivity index (χ1) is 70.1. The number of halogens is 4. The van der Waals surface area contributed by atoms with Crippen LogP contribution in [0.4, 0.5) is 59.0 Å². The van der Waals surface area contributed by atoms with Gasteiger partial charge in [-0.1, -0.05) is 52.5 Å². The molecule has 12 aromatic heterocycles. The minimum atomic E-state index is -4.06. The maximum Gasteiger partial charge on any atom is 0.333 e. The van der Waals surface area contributed by atoms with Crippen molar-refractivity contribution in [3.8, 4) is 23.3 Å². The molecule has 44 nitrogen and oxygen atoms in total. The first kappa shape index (κ1) is 103. The number of benzene rings is 4. The smallest absolute Gasteiger partial charge is 0.333 e. The summed E-state index contributed by atoms with van der Waals surface area (Å²) in [5.41, 5.74) is 6.74. The zero-order valence-electron chi connectivity index (χ0n) is 75.9. The third kappa shape index (κ3) is 25.2. The number of hydrogen-bond donors (Lipinski definition) is 11. The lowest BCUT2D eigenvalue weighted by Gasteiger charge is -2.26. The van der Waals surface area contributed by atoms with Gasteiger partial charge < -0.3 is 51.8 Å². The van der Waals surface area contributed by atoms with Crippen molar-refractivity contribution in [2.75, 3.05) is 129 Å². The summed E-state index contributed by atoms with van der Waals surface area (Å²) in [6, 6.07) is 39.1. The summed E-state index contributed by atoms with van der Waals surface area (Å²) in [6.45, 7) is 11.5. The molecule has 16 aromatic rings. The van der Waals surface area contributed by atoms with E-state index in [2.05, 4.69) is 96.8 Å². The first-order valence-electron chi connectivity index (χ1n) is 43.9. The van der Waals surface area contributed by atoms with Crippen molar-refractivity contribution in [2.45, 2.75) is 36.1 Å². The molecule has 2 fully saturated rings. The van der Waals surface area contributed by atoms with Crippen molar-refractivity contribution in [1.29, 1.82) is 0 Å². The monoisotopic (exact) mass is 2210 g/mol. The van der Waals surface area contributed by atoms with Gasteiger partial charge in [-0.3, -0.25) is 47.3 Å². The van der Waals surface area contributed by atoms with E-state index in [1.807, 2.05) is 74.5 Å². The van der Waals surface area contributed by atoms with Crippen LogP contribution in [0.1, 0.15) is 24.0 Å². The molecular weight excluding hydrogens is 2130 g/mol. The van der Waals surface area contributed by atoms with E-state index in [0.29, 0.717) is 55.2 Å². The Kier molecular flexibility index (Phi) is 31.8. The number of nitrogens with zero attached hydrogens (tertiary/aromatic N) is 16. The van der Waals surface area contributed by atoms with E-state index in [4.69, 9.17) is 51.1 Å². The number of carbonyl (C=O) groups excluding carboxylic acids is 4. The molecule has 0 saturated carbocycles. The number of likely N-dealkylation sites (N-methyl/N-ethyl adjacent to an activating group) is 1. The number of ether oxygens (including phenoxy) is 1. The summed E-state index contributed by atoms with van der Waals surface area (Å²) in [5.74, 6) is 2.03. The van der Waals surface area contributed by atoms with Gasteiger partial charge in [0.15, 0.2) is 0 Å². The van der Waals surface area contributed by atoms with Gasteiger partial charge in [-0.2, -0.15) is 0 Å². The molecule has 11 N–H and O–H groups in total. The van der Waals surface area contributed by atoms with Crippen molar-refractivity contribution in [2.24, 2.45) is 4.99 Å². The normalized spacial score (nSPS) is 13.7. The molecule has 8 amide bonds. The van der Waals surface area contributed by atoms with Gasteiger partial charge in [0.2, 0.25) is 0 Å². The number of pyridine rings is 4. The van der Waals surface area contributed by atoms with Crippen LogP contribution >= 0.6 is 91.8 Å². The fourth-order valence-electron chi connectivity index (χ4n) is 15.2. The Bertz CT molecular complexity index is 8490. The lowest BCUT2D eigenvalue weighted by molar-refractivity contribution is 0.0398. The highest BCUT2D eigenvalue weighted by Crippen LogP contribution is 2.32. The van der Waals surface area contributed by atoms with Gasteiger partial charge >= 0.3 is 24.1 Å². The van der Waals surface area contributed by atoms with E-state index in [0.717, 1.165) is 171 Å². The van der Waals surface area contributed by atoms with Gasteiger partial charge in [-0.05, 0) is 196 Å². The van der Waals surface area contributed by atoms with Crippen LogP contribution in [0, 0.1) is 0 Å². The van der Waals surface area contributed by atoms with Gasteiger partial charge in [0.05, 0.1) is 128 Å². The minimum Gasteiger partial charge on any atom is -0.384 e. The van der Waals surface area contributed by atoms with Crippen LogP contribution in [0.5, 0.6) is 0 Å². The van der Waals surface area contributed by atoms with Crippen LogP contribution in [0.15, 0.2) is 255 Å². The second-order valence-corrected chi connectivity index (χ2v) is 46.7. The second kappa shape index (κ2) is 45.1. The zero-order valence-corrected chi connectivity index (χ0v) is 85.5. The number of aliphatic imine (C=N–C) groups is 1. The Balaban J connectivity index is 0.000000133. The molecular formula is C90H81Cl4N27O17S8. The molecule has 0 unspecified atom stereocenters. The van der Waals surface area contributed by atoms with Gasteiger partial charge in [0.1, 0.15) is 71.3 Å². The SMILES string of the molecule is CN1CCN=C1c1ccc2c(=O)n(-c3ccc(NC(=O)NS(=O)(=O)c4ccc(Cl)s4)cn3)cnc2c1.O=C(Nc1ccc(-n2cnc3cc(NCCN4CCCC4)ccc3c2=O)nc1)NS(=O)(=O)c1ccc(Cl)s1.O=C(Nc1ccc(-n2cnc3cc(NCCN4CCOCC4)ccc3c2=O)nc1)NS(=O)(=O)c1ccc(Cl)s1.O=C(Nc1ccc(-n2cnc3cc4c(cc3c2=O)CCN4)nc1)NS(=O)(=O)c1ccc(Cl)s1. The van der Waals surface area contributed by atoms with E-state index < -0.39 is 64.2 Å². The van der Waals surface area contributed by atoms with Crippen molar-refractivity contribution in [3.05, 3.63) is 284 Å². The van der Waals surface area contributed by atoms with Crippen molar-refractivity contribution in [3.63, 3.8) is 0 Å². The maximum absolute atomic E-state index is 13.1. The van der Waals surface area contributed by atoms with Crippen LogP contribution in [-0.4, -0.2) is 229 Å². The average molecular weight is 2210 g/mol. The van der Waals surface area contributed by atoms with Crippen LogP contribution in [0.25, 0.3) is 66.9 Å². The van der Waals surface area contributed by atoms with Gasteiger partial charge in [-0.15, -0.1) is 45.3 Å². The molecule has 2 saturated heterocycles. The number of sulfonamides is 4. The molecule has 0 aliphatic carbocycles. The number of carbonyl (C=O) groups is 4. The number of amidine groups is 1. The summed E-state index contributed by atoms with van der Waals surface area (Å²) in [5, 5.41) is 21.4. The van der Waals surface area contributed by atoms with Crippen LogP contribution in [0.3, 0.4) is 0 Å². The standard InChI is InChI=1S/C24H24ClN7O5S2.C24H24ClN7O4S2.C22H18ClN7O4S2.C20H15ClN6O4S2/c25-20-4-6-22(38-20)39(35,36)30-24(34)29-17-2-5-21(27-14-17)32-15-28-19-13-16(1-3-18(19)23(32)33)26-7-8-31-9-11-37-12-10-31;25-20-6-8-22(37-20)38(35,36)30-24(34)29-17-4-7-21(27-14-17)32-15-28-19-13-16(3-5-18(19)23(32)33)26-9-12-31-10-1-2-11-31;1-29-9-8-24-20(29)13-2-4-15-16(10-13)26-12-30(21(15)31)18-6-3-14(11-25-18)27-22(32)28-36(33,34)19-7-5-17(23)35-19;21-16-2-4-18(32-16)33(30,31)26-20(29)25-12-1-3-17(23-9-12)27-10-24-15-8-14-11(5-6-22-14)7-13(15)19(27)28/h1-6,13-15,26H,7-12H2,(H2,29,30,34);3-8,13-15,26H,1-2,9-12H2,(H2,29,30,34);2-7,10-12H,8-9H2,1H3,(H2,27,28,32);1-4,7-10,22H,5-6H2,(H2,25,26,29). The quantitative estimate of drug-likeness (QED) is 0.0253. The number of hydrogen-bond acceptors (Lipinski definition) is 36. The highest BCUT2D eigenvalue weighted by Gasteiger charge is 2.28. The predicted molar refractivity (Wildman–Crippen MR) is 561 cm³/mol. The van der Waals surface area contributed by atoms with E-state index in [9.17, 15) is 72.0 Å². The lowest BCUT2D eigenvalue weighted by atomic mass is 10.1. The fraction of sp³-hybridized carbons (Fsp3) is 0.189. The highest BCUT2D eigenvalue weighted by molar-refractivity contribution is 7.93. The summed E-state index contributed by atoms with van der Waals surface area (Å²) in [7, 11) is -14.3. The van der Waals surface area contributed by atoms with Crippen molar-refractivity contribution in [1.82, 2.24) is 91.7 Å². The first-order valence-corrected chi connectivity index (χ1v) is 54.6. The molecule has 0 radical (unpaired) electrons. The lowest BCUT2D eigenvalue weighted by Crippen LogP contribution is -2.39. The predicted octanol–water partition coefficient (Wildman–Crippen LogP) is 11.9. The topological polar surface area (TPSA) is 560 Å². The molecule has 4 aromatic carbocycles. The van der Waals surface area contributed by atoms with Gasteiger partial charge in [-0.25, -0.2) is 112 Å². The number of thiophene rings is 4. The molecule has 0 bridgehead atoms. The minimum absolute atomic E-state index is 0.0827. The Morgan fingerprint density at radius 2 is 0.719 bits per heavy atom. The van der Waals surface area contributed by atoms with Gasteiger partial charge in [0.25, 0.3) is 62.3 Å². The van der Waals surface area contributed by atoms with E-state index in [1.54, 1.807) is 18.2 Å².